The lowest BCUT2D eigenvalue weighted by Crippen LogP contribution is -2.62. The molecule has 32 heavy (non-hydrogen) atoms. The Morgan fingerprint density at radius 2 is 1.94 bits per heavy atom. The second kappa shape index (κ2) is 8.03. The summed E-state index contributed by atoms with van der Waals surface area (Å²) < 4.78 is 47.7. The van der Waals surface area contributed by atoms with E-state index in [1.165, 1.54) is 24.5 Å². The zero-order valence-corrected chi connectivity index (χ0v) is 17.5. The predicted octanol–water partition coefficient (Wildman–Crippen LogP) is 4.04. The third-order valence-electron chi connectivity index (χ3n) is 6.56. The molecule has 1 spiro atoms. The van der Waals surface area contributed by atoms with Crippen molar-refractivity contribution in [2.45, 2.75) is 56.3 Å². The Bertz CT molecular complexity index is 1000. The highest BCUT2D eigenvalue weighted by molar-refractivity contribution is 5.94. The van der Waals surface area contributed by atoms with Crippen molar-refractivity contribution in [2.24, 2.45) is 0 Å². The van der Waals surface area contributed by atoms with Crippen LogP contribution in [0.5, 0.6) is 5.75 Å². The van der Waals surface area contributed by atoms with Crippen LogP contribution in [0.15, 0.2) is 30.6 Å². The predicted molar refractivity (Wildman–Crippen MR) is 108 cm³/mol. The van der Waals surface area contributed by atoms with Gasteiger partial charge in [-0.05, 0) is 61.3 Å². The summed E-state index contributed by atoms with van der Waals surface area (Å²) in [7, 11) is 0. The summed E-state index contributed by atoms with van der Waals surface area (Å²) in [6, 6.07) is 4.83. The maximum Gasteiger partial charge on any atom is 0.573 e. The molecule has 1 aromatic carbocycles. The van der Waals surface area contributed by atoms with Crippen LogP contribution in [0.1, 0.15) is 58.9 Å². The van der Waals surface area contributed by atoms with Gasteiger partial charge < -0.3 is 14.4 Å². The van der Waals surface area contributed by atoms with Crippen LogP contribution in [0.2, 0.25) is 0 Å². The molecule has 2 aliphatic heterocycles. The highest BCUT2D eigenvalue weighted by atomic mass is 19.4. The van der Waals surface area contributed by atoms with Gasteiger partial charge in [0, 0.05) is 32.0 Å². The summed E-state index contributed by atoms with van der Waals surface area (Å²) in [5.74, 6) is 0.582. The van der Waals surface area contributed by atoms with E-state index < -0.39 is 6.36 Å². The molecule has 1 saturated carbocycles. The maximum atomic E-state index is 12.8. The summed E-state index contributed by atoms with van der Waals surface area (Å²) in [6.07, 6.45) is 3.07. The second-order valence-electron chi connectivity index (χ2n) is 8.85. The first-order valence-corrected chi connectivity index (χ1v) is 10.9. The van der Waals surface area contributed by atoms with Crippen LogP contribution >= 0.6 is 0 Å². The van der Waals surface area contributed by atoms with Crippen LogP contribution in [0.3, 0.4) is 0 Å². The third kappa shape index (κ3) is 4.44. The van der Waals surface area contributed by atoms with Crippen LogP contribution in [0.25, 0.3) is 0 Å². The summed E-state index contributed by atoms with van der Waals surface area (Å²) in [6.45, 7) is 1.97. The molecule has 2 aromatic rings. The van der Waals surface area contributed by atoms with Gasteiger partial charge in [0.25, 0.3) is 5.91 Å². The third-order valence-corrected chi connectivity index (χ3v) is 6.56. The lowest BCUT2D eigenvalue weighted by Gasteiger charge is -2.49. The van der Waals surface area contributed by atoms with Crippen molar-refractivity contribution < 1.29 is 27.4 Å². The van der Waals surface area contributed by atoms with E-state index in [9.17, 15) is 18.0 Å². The number of amides is 1. The van der Waals surface area contributed by atoms with Crippen LogP contribution in [-0.4, -0.2) is 52.4 Å². The SMILES string of the molecule is O=C(c1cnc(CCc2cc(OC(F)(F)F)cc(C3CC3)c2)nc1)N1CCC12CCOC2. The number of ether oxygens (including phenoxy) is 2. The molecular formula is C23H24F3N3O3. The van der Waals surface area contributed by atoms with E-state index in [-0.39, 0.29) is 17.2 Å². The van der Waals surface area contributed by atoms with Gasteiger partial charge in [-0.25, -0.2) is 9.97 Å². The number of halogens is 3. The van der Waals surface area contributed by atoms with Gasteiger partial charge in [0.15, 0.2) is 0 Å². The van der Waals surface area contributed by atoms with E-state index in [2.05, 4.69) is 14.7 Å². The lowest BCUT2D eigenvalue weighted by atomic mass is 9.83. The Balaban J connectivity index is 1.24. The second-order valence-corrected chi connectivity index (χ2v) is 8.85. The van der Waals surface area contributed by atoms with Crippen LogP contribution in [0.4, 0.5) is 13.2 Å². The van der Waals surface area contributed by atoms with Crippen molar-refractivity contribution in [1.29, 1.82) is 0 Å². The number of likely N-dealkylation sites (tertiary alicyclic amines) is 1. The Morgan fingerprint density at radius 1 is 1.16 bits per heavy atom. The molecule has 1 aliphatic carbocycles. The monoisotopic (exact) mass is 447 g/mol. The molecule has 1 amide bonds. The van der Waals surface area contributed by atoms with Gasteiger partial charge in [-0.3, -0.25) is 4.79 Å². The molecule has 3 fully saturated rings. The number of aromatic nitrogens is 2. The van der Waals surface area contributed by atoms with Crippen molar-refractivity contribution in [3.05, 3.63) is 53.1 Å². The van der Waals surface area contributed by atoms with Crippen molar-refractivity contribution >= 4 is 5.91 Å². The molecule has 9 heteroatoms. The van der Waals surface area contributed by atoms with E-state index in [0.29, 0.717) is 49.9 Å². The number of benzene rings is 1. The Labute approximate surface area is 183 Å². The summed E-state index contributed by atoms with van der Waals surface area (Å²) in [5, 5.41) is 0. The number of hydrogen-bond acceptors (Lipinski definition) is 5. The summed E-state index contributed by atoms with van der Waals surface area (Å²) in [4.78, 5) is 23.3. The average Bonchev–Trinajstić information content (AvgIpc) is 3.46. The van der Waals surface area contributed by atoms with Crippen LogP contribution in [-0.2, 0) is 17.6 Å². The van der Waals surface area contributed by atoms with E-state index in [0.717, 1.165) is 36.8 Å². The number of carbonyl (C=O) groups is 1. The molecule has 0 N–H and O–H groups in total. The molecular weight excluding hydrogens is 423 g/mol. The highest BCUT2D eigenvalue weighted by Gasteiger charge is 2.50. The standard InChI is InChI=1S/C23H24F3N3O3/c24-23(25,26)32-19-10-15(9-17(11-19)16-2-3-16)1-4-20-27-12-18(13-28-20)21(30)29-7-5-22(29)6-8-31-14-22/h9-13,16H,1-8,14H2. The fourth-order valence-corrected chi connectivity index (χ4v) is 4.54. The molecule has 1 atom stereocenters. The van der Waals surface area contributed by atoms with E-state index in [1.807, 2.05) is 11.0 Å². The van der Waals surface area contributed by atoms with Crippen molar-refractivity contribution in [1.82, 2.24) is 14.9 Å². The molecule has 5 rings (SSSR count). The molecule has 3 heterocycles. The minimum atomic E-state index is -4.72. The first kappa shape index (κ1) is 21.2. The van der Waals surface area contributed by atoms with E-state index in [1.54, 1.807) is 0 Å². The Morgan fingerprint density at radius 3 is 2.53 bits per heavy atom. The maximum absolute atomic E-state index is 12.8. The minimum absolute atomic E-state index is 0.0839. The molecule has 1 aromatic heterocycles. The molecule has 1 unspecified atom stereocenters. The summed E-state index contributed by atoms with van der Waals surface area (Å²) in [5.41, 5.74) is 1.90. The first-order valence-electron chi connectivity index (χ1n) is 10.9. The van der Waals surface area contributed by atoms with Crippen LogP contribution in [0, 0.1) is 0 Å². The topological polar surface area (TPSA) is 64.5 Å². The molecule has 0 radical (unpaired) electrons. The highest BCUT2D eigenvalue weighted by Crippen LogP contribution is 2.42. The fourth-order valence-electron chi connectivity index (χ4n) is 4.54. The quantitative estimate of drug-likeness (QED) is 0.669. The normalized spacial score (nSPS) is 22.8. The Hall–Kier alpha value is -2.68. The zero-order valence-electron chi connectivity index (χ0n) is 17.5. The van der Waals surface area contributed by atoms with Gasteiger partial charge in [0.1, 0.15) is 11.6 Å². The van der Waals surface area contributed by atoms with Crippen molar-refractivity contribution in [3.8, 4) is 5.75 Å². The smallest absolute Gasteiger partial charge is 0.406 e. The van der Waals surface area contributed by atoms with Gasteiger partial charge in [0.2, 0.25) is 0 Å². The molecule has 0 bridgehead atoms. The first-order chi connectivity index (χ1) is 15.3. The fraction of sp³-hybridized carbons (Fsp3) is 0.522. The molecule has 2 saturated heterocycles. The molecule has 170 valence electrons. The van der Waals surface area contributed by atoms with Gasteiger partial charge in [-0.15, -0.1) is 13.2 Å². The zero-order chi connectivity index (χ0) is 22.3. The number of hydrogen-bond donors (Lipinski definition) is 0. The number of alkyl halides is 3. The number of carbonyl (C=O) groups excluding carboxylic acids is 1. The largest absolute Gasteiger partial charge is 0.573 e. The lowest BCUT2D eigenvalue weighted by molar-refractivity contribution is -0.274. The van der Waals surface area contributed by atoms with Gasteiger partial charge in [-0.2, -0.15) is 0 Å². The van der Waals surface area contributed by atoms with Crippen molar-refractivity contribution in [2.75, 3.05) is 19.8 Å². The number of aryl methyl sites for hydroxylation is 2. The molecule has 3 aliphatic rings. The number of rotatable bonds is 6. The van der Waals surface area contributed by atoms with Gasteiger partial charge in [0.05, 0.1) is 17.7 Å². The Kier molecular flexibility index (Phi) is 5.31. The molecule has 6 nitrogen and oxygen atoms in total. The van der Waals surface area contributed by atoms with E-state index in [4.69, 9.17) is 4.74 Å². The number of nitrogens with zero attached hydrogens (tertiary/aromatic N) is 3. The van der Waals surface area contributed by atoms with Crippen LogP contribution < -0.4 is 4.74 Å². The van der Waals surface area contributed by atoms with Crippen molar-refractivity contribution in [3.63, 3.8) is 0 Å². The summed E-state index contributed by atoms with van der Waals surface area (Å²) >= 11 is 0. The minimum Gasteiger partial charge on any atom is -0.406 e. The van der Waals surface area contributed by atoms with Gasteiger partial charge >= 0.3 is 6.36 Å². The van der Waals surface area contributed by atoms with Gasteiger partial charge in [-0.1, -0.05) is 6.07 Å². The average molecular weight is 447 g/mol. The van der Waals surface area contributed by atoms with E-state index >= 15 is 0 Å².